The number of nitrogens with one attached hydrogen (secondary N) is 8. The predicted molar refractivity (Wildman–Crippen MR) is 238 cm³/mol. The van der Waals surface area contributed by atoms with E-state index in [-0.39, 0.29) is 49.9 Å². The first-order valence-corrected chi connectivity index (χ1v) is 21.1. The van der Waals surface area contributed by atoms with E-state index in [1.165, 1.54) is 31.2 Å². The van der Waals surface area contributed by atoms with Gasteiger partial charge in [-0.1, -0.05) is 26.0 Å². The van der Waals surface area contributed by atoms with Crippen molar-refractivity contribution in [2.24, 2.45) is 33.8 Å². The van der Waals surface area contributed by atoms with Gasteiger partial charge < -0.3 is 85.9 Å². The Labute approximate surface area is 389 Å². The fourth-order valence-electron chi connectivity index (χ4n) is 5.90. The van der Waals surface area contributed by atoms with Crippen molar-refractivity contribution in [3.05, 3.63) is 29.8 Å². The van der Waals surface area contributed by atoms with Crippen molar-refractivity contribution in [1.82, 2.24) is 42.5 Å². The maximum atomic E-state index is 14.1. The number of rotatable bonds is 31. The normalized spacial score (nSPS) is 13.9. The number of aliphatic carboxylic acids is 2. The third-order valence-electron chi connectivity index (χ3n) is 9.39. The number of aromatic hydroxyl groups is 1. The lowest BCUT2D eigenvalue weighted by molar-refractivity contribution is -0.139. The minimum atomic E-state index is -1.73. The van der Waals surface area contributed by atoms with Crippen LogP contribution in [0.2, 0.25) is 0 Å². The maximum absolute atomic E-state index is 14.1. The van der Waals surface area contributed by atoms with E-state index >= 15 is 0 Å². The van der Waals surface area contributed by atoms with Crippen molar-refractivity contribution in [2.45, 2.75) is 108 Å². The molecule has 0 aliphatic rings. The van der Waals surface area contributed by atoms with Crippen LogP contribution in [0.25, 0.3) is 0 Å². The summed E-state index contributed by atoms with van der Waals surface area (Å²) in [7, 11) is 0. The zero-order valence-corrected chi connectivity index (χ0v) is 37.7. The molecular weight excluding hydrogens is 903 g/mol. The fraction of sp³-hybridized carbons (Fsp3) is 0.550. The van der Waals surface area contributed by atoms with Gasteiger partial charge in [0.15, 0.2) is 5.96 Å². The highest BCUT2D eigenvalue weighted by Gasteiger charge is 2.34. The Morgan fingerprint density at radius 2 is 1.13 bits per heavy atom. The average molecular weight is 966 g/mol. The highest BCUT2D eigenvalue weighted by Crippen LogP contribution is 2.13. The average Bonchev–Trinajstić information content (AvgIpc) is 3.25. The van der Waals surface area contributed by atoms with E-state index in [9.17, 15) is 68.1 Å². The molecule has 9 amide bonds. The van der Waals surface area contributed by atoms with Gasteiger partial charge in [0, 0.05) is 19.4 Å². The highest BCUT2D eigenvalue weighted by molar-refractivity contribution is 5.98. The van der Waals surface area contributed by atoms with Crippen LogP contribution in [0.4, 0.5) is 0 Å². The lowest BCUT2D eigenvalue weighted by Gasteiger charge is -2.28. The third kappa shape index (κ3) is 23.5. The number of carbonyl (C=O) groups is 11. The molecule has 0 unspecified atom stereocenters. The number of aliphatic imine (C=N–C) groups is 1. The molecule has 0 aliphatic carbocycles. The Hall–Kier alpha value is -7.62. The Balaban J connectivity index is 3.46. The van der Waals surface area contributed by atoms with E-state index in [4.69, 9.17) is 28.0 Å². The summed E-state index contributed by atoms with van der Waals surface area (Å²) in [5, 5.41) is 56.5. The van der Waals surface area contributed by atoms with Gasteiger partial charge in [-0.25, -0.2) is 0 Å². The largest absolute Gasteiger partial charge is 0.508 e. The number of phenols is 1. The van der Waals surface area contributed by atoms with Crippen molar-refractivity contribution in [3.8, 4) is 5.75 Å². The molecule has 7 atom stereocenters. The monoisotopic (exact) mass is 965 g/mol. The number of primary amides is 1. The molecule has 28 heteroatoms. The zero-order chi connectivity index (χ0) is 51.7. The molecule has 0 saturated carbocycles. The van der Waals surface area contributed by atoms with Crippen molar-refractivity contribution in [1.29, 1.82) is 0 Å². The second-order valence-electron chi connectivity index (χ2n) is 15.8. The molecule has 378 valence electrons. The summed E-state index contributed by atoms with van der Waals surface area (Å²) in [4.78, 5) is 143. The SMILES string of the molecule is CC(C)C[C@H](NC(=O)[C@H](CCC(=O)O)NC(=O)[C@@H](N)CC(N)=O)C(=O)N[C@@H](CCCN=C(N)N)C(=O)N[C@@H](Cc1ccc(O)cc1)C(=O)N[C@@H](CO)C(=O)N[C@@H](C)C(=O)NCC(=O)NCC(=O)O. The lowest BCUT2D eigenvalue weighted by Crippen LogP contribution is -2.60. The summed E-state index contributed by atoms with van der Waals surface area (Å²) < 4.78 is 0. The van der Waals surface area contributed by atoms with E-state index in [2.05, 4.69) is 42.2 Å². The highest BCUT2D eigenvalue weighted by atomic mass is 16.4. The number of carboxylic acids is 2. The minimum absolute atomic E-state index is 0.0317. The molecule has 68 heavy (non-hydrogen) atoms. The van der Waals surface area contributed by atoms with Crippen LogP contribution in [-0.2, 0) is 59.2 Å². The summed E-state index contributed by atoms with van der Waals surface area (Å²) in [6, 6.07) is -5.17. The molecular formula is C40H63N13O15. The molecule has 0 aliphatic heterocycles. The van der Waals surface area contributed by atoms with Crippen molar-refractivity contribution < 1.29 is 73.2 Å². The van der Waals surface area contributed by atoms with Gasteiger partial charge in [0.1, 0.15) is 48.5 Å². The van der Waals surface area contributed by atoms with Crippen LogP contribution < -0.4 is 65.5 Å². The number of amides is 9. The first-order valence-electron chi connectivity index (χ1n) is 21.1. The molecule has 28 nitrogen and oxygen atoms in total. The third-order valence-corrected chi connectivity index (χ3v) is 9.39. The molecule has 0 spiro atoms. The molecule has 0 bridgehead atoms. The maximum Gasteiger partial charge on any atom is 0.322 e. The molecule has 0 fully saturated rings. The first kappa shape index (κ1) is 58.4. The van der Waals surface area contributed by atoms with Crippen LogP contribution in [-0.4, -0.2) is 160 Å². The standard InChI is InChI=1S/C40H63N13O15/c1-19(2)13-26(51-36(65)25(10-11-31(58)59)49-34(63)23(41)15-29(42)56)37(66)50-24(5-4-12-45-40(43)44)35(64)52-27(14-21-6-8-22(55)9-7-21)38(67)53-28(18-54)39(68)48-20(3)33(62)47-16-30(57)46-17-32(60)61/h6-9,19-20,23-28,54-55H,4-5,10-18,41H2,1-3H3,(H2,42,56)(H,46,57)(H,47,62)(H,48,68)(H,49,63)(H,50,66)(H,51,65)(H,52,64)(H,53,67)(H,58,59)(H,60,61)(H4,43,44,45)/t20-,23-,24-,25-,26-,27-,28-/m0/s1. The van der Waals surface area contributed by atoms with Crippen LogP contribution in [0.3, 0.4) is 0 Å². The second kappa shape index (κ2) is 29.8. The zero-order valence-electron chi connectivity index (χ0n) is 37.7. The molecule has 1 aromatic carbocycles. The van der Waals surface area contributed by atoms with Crippen molar-refractivity contribution in [3.63, 3.8) is 0 Å². The Kier molecular flexibility index (Phi) is 25.6. The van der Waals surface area contributed by atoms with Gasteiger partial charge in [0.2, 0.25) is 53.2 Å². The smallest absolute Gasteiger partial charge is 0.322 e. The van der Waals surface area contributed by atoms with E-state index in [1.807, 2.05) is 5.32 Å². The number of hydrogen-bond acceptors (Lipinski definition) is 15. The number of phenolic OH excluding ortho intramolecular Hbond substituents is 1. The van der Waals surface area contributed by atoms with Crippen LogP contribution in [0.5, 0.6) is 5.75 Å². The predicted octanol–water partition coefficient (Wildman–Crippen LogP) is -6.66. The van der Waals surface area contributed by atoms with Gasteiger partial charge in [-0.05, 0) is 56.2 Å². The van der Waals surface area contributed by atoms with E-state index < -0.39 is 146 Å². The fourth-order valence-corrected chi connectivity index (χ4v) is 5.90. The minimum Gasteiger partial charge on any atom is -0.508 e. The van der Waals surface area contributed by atoms with Crippen LogP contribution in [0, 0.1) is 5.92 Å². The van der Waals surface area contributed by atoms with Crippen molar-refractivity contribution >= 4 is 71.1 Å². The molecule has 20 N–H and O–H groups in total. The Morgan fingerprint density at radius 1 is 0.618 bits per heavy atom. The van der Waals surface area contributed by atoms with Crippen LogP contribution in [0.15, 0.2) is 29.3 Å². The molecule has 0 radical (unpaired) electrons. The number of aliphatic hydroxyl groups is 1. The van der Waals surface area contributed by atoms with Gasteiger partial charge in [-0.15, -0.1) is 0 Å². The van der Waals surface area contributed by atoms with Gasteiger partial charge >= 0.3 is 11.9 Å². The van der Waals surface area contributed by atoms with E-state index in [0.717, 1.165) is 0 Å². The summed E-state index contributed by atoms with van der Waals surface area (Å²) in [5.41, 5.74) is 22.1. The number of nitrogens with two attached hydrogens (primary N) is 4. The summed E-state index contributed by atoms with van der Waals surface area (Å²) in [5.74, 6) is -12.1. The number of hydrogen-bond donors (Lipinski definition) is 16. The topological polar surface area (TPSA) is 481 Å². The van der Waals surface area contributed by atoms with Gasteiger partial charge in [-0.2, -0.15) is 0 Å². The van der Waals surface area contributed by atoms with E-state index in [1.54, 1.807) is 13.8 Å². The second-order valence-corrected chi connectivity index (χ2v) is 15.8. The Morgan fingerprint density at radius 3 is 1.68 bits per heavy atom. The molecule has 0 aromatic heterocycles. The quantitative estimate of drug-likeness (QED) is 0.0187. The number of carboxylic acid groups (broad SMARTS) is 2. The molecule has 1 aromatic rings. The summed E-state index contributed by atoms with van der Waals surface area (Å²) in [6.45, 7) is 2.22. The first-order chi connectivity index (χ1) is 31.8. The number of carbonyl (C=O) groups excluding carboxylic acids is 9. The summed E-state index contributed by atoms with van der Waals surface area (Å²) in [6.07, 6.45) is -2.14. The van der Waals surface area contributed by atoms with Crippen LogP contribution >= 0.6 is 0 Å². The molecule has 0 heterocycles. The number of aliphatic hydroxyl groups excluding tert-OH is 1. The van der Waals surface area contributed by atoms with Crippen molar-refractivity contribution in [2.75, 3.05) is 26.2 Å². The van der Waals surface area contributed by atoms with Gasteiger partial charge in [0.25, 0.3) is 0 Å². The van der Waals surface area contributed by atoms with Crippen LogP contribution in [0.1, 0.15) is 64.9 Å². The Bertz CT molecular complexity index is 1980. The lowest BCUT2D eigenvalue weighted by atomic mass is 10.0. The number of nitrogens with zero attached hydrogens (tertiary/aromatic N) is 1. The number of guanidine groups is 1. The molecule has 0 saturated heterocycles. The van der Waals surface area contributed by atoms with E-state index in [0.29, 0.717) is 5.56 Å². The summed E-state index contributed by atoms with van der Waals surface area (Å²) >= 11 is 0. The van der Waals surface area contributed by atoms with Gasteiger partial charge in [-0.3, -0.25) is 57.7 Å². The number of benzene rings is 1. The van der Waals surface area contributed by atoms with Gasteiger partial charge in [0.05, 0.1) is 25.6 Å². The molecule has 1 rings (SSSR count).